The molecule has 3 rings (SSSR count). The van der Waals surface area contributed by atoms with E-state index in [2.05, 4.69) is 34.6 Å². The summed E-state index contributed by atoms with van der Waals surface area (Å²) in [5.74, 6) is 0.563. The fourth-order valence-corrected chi connectivity index (χ4v) is 3.37. The van der Waals surface area contributed by atoms with E-state index in [-0.39, 0.29) is 18.2 Å². The quantitative estimate of drug-likeness (QED) is 0.770. The second-order valence-electron chi connectivity index (χ2n) is 7.03. The molecule has 148 valence electrons. The van der Waals surface area contributed by atoms with Gasteiger partial charge in [-0.3, -0.25) is 14.5 Å². The zero-order valence-corrected chi connectivity index (χ0v) is 16.4. The fraction of sp³-hybridized carbons (Fsp3) is 0.364. The van der Waals surface area contributed by atoms with Crippen LogP contribution in [0.2, 0.25) is 0 Å². The van der Waals surface area contributed by atoms with Crippen LogP contribution in [0.15, 0.2) is 48.5 Å². The lowest BCUT2D eigenvalue weighted by Gasteiger charge is -2.35. The highest BCUT2D eigenvalue weighted by atomic mass is 16.5. The molecule has 0 spiro atoms. The van der Waals surface area contributed by atoms with Gasteiger partial charge in [-0.05, 0) is 35.7 Å². The number of hydrogen-bond acceptors (Lipinski definition) is 4. The SMILES string of the molecule is COc1ccc(CNC(=O)CC2C(=O)NCCN2Cc2ccccc2C)cc1. The van der Waals surface area contributed by atoms with Gasteiger partial charge >= 0.3 is 0 Å². The molecule has 2 aromatic carbocycles. The Bertz CT molecular complexity index is 820. The number of carbonyl (C=O) groups excluding carboxylic acids is 2. The lowest BCUT2D eigenvalue weighted by atomic mass is 10.0. The summed E-state index contributed by atoms with van der Waals surface area (Å²) in [6, 6.07) is 15.2. The number of carbonyl (C=O) groups is 2. The number of nitrogens with zero attached hydrogens (tertiary/aromatic N) is 1. The van der Waals surface area contributed by atoms with Crippen molar-refractivity contribution in [3.63, 3.8) is 0 Å². The first-order valence-corrected chi connectivity index (χ1v) is 9.52. The number of aryl methyl sites for hydroxylation is 1. The Morgan fingerprint density at radius 2 is 1.96 bits per heavy atom. The van der Waals surface area contributed by atoms with Gasteiger partial charge < -0.3 is 15.4 Å². The minimum absolute atomic E-state index is 0.0839. The lowest BCUT2D eigenvalue weighted by Crippen LogP contribution is -2.56. The molecular formula is C22H27N3O3. The van der Waals surface area contributed by atoms with E-state index < -0.39 is 6.04 Å². The molecule has 0 aliphatic carbocycles. The van der Waals surface area contributed by atoms with Crippen molar-refractivity contribution in [2.75, 3.05) is 20.2 Å². The Hall–Kier alpha value is -2.86. The van der Waals surface area contributed by atoms with Crippen LogP contribution < -0.4 is 15.4 Å². The number of nitrogens with one attached hydrogen (secondary N) is 2. The average molecular weight is 381 g/mol. The van der Waals surface area contributed by atoms with E-state index >= 15 is 0 Å². The van der Waals surface area contributed by atoms with Gasteiger partial charge in [0.1, 0.15) is 5.75 Å². The molecule has 6 heteroatoms. The molecule has 1 aliphatic heterocycles. The van der Waals surface area contributed by atoms with E-state index in [0.717, 1.165) is 17.9 Å². The van der Waals surface area contributed by atoms with Gasteiger partial charge in [0.2, 0.25) is 11.8 Å². The Labute approximate surface area is 165 Å². The van der Waals surface area contributed by atoms with Crippen molar-refractivity contribution < 1.29 is 14.3 Å². The van der Waals surface area contributed by atoms with Crippen LogP contribution >= 0.6 is 0 Å². The summed E-state index contributed by atoms with van der Waals surface area (Å²) in [7, 11) is 1.62. The predicted octanol–water partition coefficient (Wildman–Crippen LogP) is 2.01. The summed E-state index contributed by atoms with van der Waals surface area (Å²) in [5, 5.41) is 5.79. The van der Waals surface area contributed by atoms with E-state index in [1.165, 1.54) is 11.1 Å². The monoisotopic (exact) mass is 381 g/mol. The number of methoxy groups -OCH3 is 1. The highest BCUT2D eigenvalue weighted by Crippen LogP contribution is 2.17. The zero-order chi connectivity index (χ0) is 19.9. The third-order valence-electron chi connectivity index (χ3n) is 5.10. The van der Waals surface area contributed by atoms with Crippen LogP contribution in [0.3, 0.4) is 0 Å². The van der Waals surface area contributed by atoms with Crippen LogP contribution in [-0.4, -0.2) is 43.0 Å². The van der Waals surface area contributed by atoms with Crippen LogP contribution in [0.4, 0.5) is 0 Å². The maximum absolute atomic E-state index is 12.5. The Kier molecular flexibility index (Phi) is 6.66. The lowest BCUT2D eigenvalue weighted by molar-refractivity contribution is -0.134. The first kappa shape index (κ1) is 19.9. The number of piperazine rings is 1. The van der Waals surface area contributed by atoms with Crippen LogP contribution in [0.5, 0.6) is 5.75 Å². The third-order valence-corrected chi connectivity index (χ3v) is 5.10. The first-order valence-electron chi connectivity index (χ1n) is 9.52. The summed E-state index contributed by atoms with van der Waals surface area (Å²) in [5.41, 5.74) is 3.36. The van der Waals surface area contributed by atoms with Crippen LogP contribution in [0, 0.1) is 6.92 Å². The minimum Gasteiger partial charge on any atom is -0.497 e. The smallest absolute Gasteiger partial charge is 0.237 e. The molecule has 2 aromatic rings. The molecule has 1 aliphatic rings. The summed E-state index contributed by atoms with van der Waals surface area (Å²) < 4.78 is 5.14. The molecule has 28 heavy (non-hydrogen) atoms. The van der Waals surface area contributed by atoms with E-state index in [1.807, 2.05) is 36.4 Å². The fourth-order valence-electron chi connectivity index (χ4n) is 3.37. The maximum Gasteiger partial charge on any atom is 0.237 e. The molecule has 0 saturated carbocycles. The number of hydrogen-bond donors (Lipinski definition) is 2. The third kappa shape index (κ3) is 5.10. The van der Waals surface area contributed by atoms with Gasteiger partial charge in [0.15, 0.2) is 0 Å². The number of benzene rings is 2. The molecule has 1 fully saturated rings. The number of ether oxygens (including phenoxy) is 1. The van der Waals surface area contributed by atoms with Gasteiger partial charge in [-0.2, -0.15) is 0 Å². The van der Waals surface area contributed by atoms with Gasteiger partial charge in [0.05, 0.1) is 19.6 Å². The molecule has 1 unspecified atom stereocenters. The second kappa shape index (κ2) is 9.37. The topological polar surface area (TPSA) is 70.7 Å². The van der Waals surface area contributed by atoms with Gasteiger partial charge in [-0.15, -0.1) is 0 Å². The highest BCUT2D eigenvalue weighted by Gasteiger charge is 2.31. The number of rotatable bonds is 7. The van der Waals surface area contributed by atoms with Crippen molar-refractivity contribution >= 4 is 11.8 Å². The van der Waals surface area contributed by atoms with Crippen LogP contribution in [0.1, 0.15) is 23.1 Å². The number of amides is 2. The zero-order valence-electron chi connectivity index (χ0n) is 16.4. The van der Waals surface area contributed by atoms with E-state index in [0.29, 0.717) is 19.6 Å². The van der Waals surface area contributed by atoms with E-state index in [4.69, 9.17) is 4.74 Å². The Morgan fingerprint density at radius 1 is 1.21 bits per heavy atom. The van der Waals surface area contributed by atoms with E-state index in [9.17, 15) is 9.59 Å². The molecule has 1 atom stereocenters. The minimum atomic E-state index is -0.454. The average Bonchev–Trinajstić information content (AvgIpc) is 2.71. The van der Waals surface area contributed by atoms with Crippen molar-refractivity contribution in [1.82, 2.24) is 15.5 Å². The van der Waals surface area contributed by atoms with Crippen LogP contribution in [0.25, 0.3) is 0 Å². The first-order chi connectivity index (χ1) is 13.6. The van der Waals surface area contributed by atoms with E-state index in [1.54, 1.807) is 7.11 Å². The molecular weight excluding hydrogens is 354 g/mol. The molecule has 2 amide bonds. The summed E-state index contributed by atoms with van der Waals surface area (Å²) in [6.45, 7) is 4.49. The van der Waals surface area contributed by atoms with Gasteiger partial charge in [-0.1, -0.05) is 36.4 Å². The second-order valence-corrected chi connectivity index (χ2v) is 7.03. The normalized spacial score (nSPS) is 17.1. The molecule has 0 bridgehead atoms. The van der Waals surface area contributed by atoms with Crippen LogP contribution in [-0.2, 0) is 22.7 Å². The molecule has 1 saturated heterocycles. The molecule has 0 aromatic heterocycles. The van der Waals surface area contributed by atoms with Crippen molar-refractivity contribution in [2.24, 2.45) is 0 Å². The Balaban J connectivity index is 1.59. The molecule has 2 N–H and O–H groups in total. The van der Waals surface area contributed by atoms with Gasteiger partial charge in [0.25, 0.3) is 0 Å². The molecule has 1 heterocycles. The summed E-state index contributed by atoms with van der Waals surface area (Å²) in [4.78, 5) is 27.0. The summed E-state index contributed by atoms with van der Waals surface area (Å²) >= 11 is 0. The Morgan fingerprint density at radius 3 is 2.68 bits per heavy atom. The standard InChI is InChI=1S/C22H27N3O3/c1-16-5-3-4-6-18(16)15-25-12-11-23-22(27)20(25)13-21(26)24-14-17-7-9-19(28-2)10-8-17/h3-10,20H,11-15H2,1-2H3,(H,23,27)(H,24,26). The summed E-state index contributed by atoms with van der Waals surface area (Å²) in [6.07, 6.45) is 0.147. The van der Waals surface area contributed by atoms with Crippen molar-refractivity contribution in [3.8, 4) is 5.75 Å². The molecule has 0 radical (unpaired) electrons. The highest BCUT2D eigenvalue weighted by molar-refractivity contribution is 5.88. The molecule has 6 nitrogen and oxygen atoms in total. The largest absolute Gasteiger partial charge is 0.497 e. The van der Waals surface area contributed by atoms with Gasteiger partial charge in [0, 0.05) is 26.2 Å². The van der Waals surface area contributed by atoms with Crippen molar-refractivity contribution in [1.29, 1.82) is 0 Å². The van der Waals surface area contributed by atoms with Crippen molar-refractivity contribution in [3.05, 3.63) is 65.2 Å². The predicted molar refractivity (Wildman–Crippen MR) is 108 cm³/mol. The van der Waals surface area contributed by atoms with Crippen molar-refractivity contribution in [2.45, 2.75) is 32.5 Å². The van der Waals surface area contributed by atoms with Gasteiger partial charge in [-0.25, -0.2) is 0 Å². The maximum atomic E-state index is 12.5.